The van der Waals surface area contributed by atoms with Gasteiger partial charge in [0, 0.05) is 18.4 Å². The van der Waals surface area contributed by atoms with Gasteiger partial charge in [0.25, 0.3) is 0 Å². The zero-order chi connectivity index (χ0) is 18.0. The third-order valence-electron chi connectivity index (χ3n) is 4.16. The number of hydrogen-bond donors (Lipinski definition) is 1. The van der Waals surface area contributed by atoms with E-state index >= 15 is 0 Å². The Hall–Kier alpha value is -2.56. The van der Waals surface area contributed by atoms with E-state index in [-0.39, 0.29) is 24.4 Å². The highest BCUT2D eigenvalue weighted by Gasteiger charge is 2.31. The van der Waals surface area contributed by atoms with Crippen molar-refractivity contribution in [2.75, 3.05) is 6.61 Å². The molecule has 0 fully saturated rings. The molecule has 0 aromatic heterocycles. The molecule has 0 saturated heterocycles. The Morgan fingerprint density at radius 2 is 2.12 bits per heavy atom. The molecule has 0 unspecified atom stereocenters. The molecule has 0 spiro atoms. The highest BCUT2D eigenvalue weighted by Crippen LogP contribution is 2.41. The lowest BCUT2D eigenvalue weighted by Crippen LogP contribution is -2.24. The van der Waals surface area contributed by atoms with Crippen molar-refractivity contribution in [3.8, 4) is 22.6 Å². The molecule has 0 bridgehead atoms. The Labute approximate surface area is 146 Å². The topological polar surface area (TPSA) is 55.8 Å². The second-order valence-corrected chi connectivity index (χ2v) is 6.81. The summed E-state index contributed by atoms with van der Waals surface area (Å²) in [6.45, 7) is 4.24. The van der Waals surface area contributed by atoms with E-state index < -0.39 is 11.8 Å². The molecule has 0 aliphatic carbocycles. The van der Waals surface area contributed by atoms with E-state index in [2.05, 4.69) is 0 Å². The van der Waals surface area contributed by atoms with Gasteiger partial charge in [0.2, 0.25) is 0 Å². The fourth-order valence-electron chi connectivity index (χ4n) is 3.06. The summed E-state index contributed by atoms with van der Waals surface area (Å²) in [5.74, 6) is -0.360. The van der Waals surface area contributed by atoms with E-state index in [1.807, 2.05) is 38.1 Å². The van der Waals surface area contributed by atoms with Crippen molar-refractivity contribution >= 4 is 5.97 Å². The van der Waals surface area contributed by atoms with Crippen LogP contribution in [-0.2, 0) is 11.2 Å². The Bertz CT molecular complexity index is 798. The van der Waals surface area contributed by atoms with Crippen molar-refractivity contribution in [3.05, 3.63) is 47.8 Å². The molecule has 132 valence electrons. The highest BCUT2D eigenvalue weighted by atomic mass is 19.1. The number of benzene rings is 2. The second kappa shape index (κ2) is 6.75. The van der Waals surface area contributed by atoms with Crippen LogP contribution in [0.4, 0.5) is 4.39 Å². The zero-order valence-electron chi connectivity index (χ0n) is 14.3. The largest absolute Gasteiger partial charge is 0.491 e. The normalized spacial score (nSPS) is 14.7. The minimum Gasteiger partial charge on any atom is -0.491 e. The van der Waals surface area contributed by atoms with Crippen LogP contribution in [0, 0.1) is 5.82 Å². The molecule has 5 heteroatoms. The van der Waals surface area contributed by atoms with Gasteiger partial charge in [-0.05, 0) is 49.6 Å². The molecule has 3 rings (SSSR count). The SMILES string of the molecule is CC1(C)Cc2c(cccc2-c2ccc(OCCCC(=O)O)c(F)c2)O1. The number of halogens is 1. The molecule has 2 aromatic rings. The van der Waals surface area contributed by atoms with E-state index in [0.29, 0.717) is 6.42 Å². The molecule has 1 aliphatic rings. The van der Waals surface area contributed by atoms with Gasteiger partial charge in [-0.1, -0.05) is 18.2 Å². The maximum atomic E-state index is 14.4. The van der Waals surface area contributed by atoms with Gasteiger partial charge in [0.1, 0.15) is 11.4 Å². The summed E-state index contributed by atoms with van der Waals surface area (Å²) in [5, 5.41) is 8.60. The van der Waals surface area contributed by atoms with Crippen molar-refractivity contribution in [1.82, 2.24) is 0 Å². The molecule has 1 N–H and O–H groups in total. The summed E-state index contributed by atoms with van der Waals surface area (Å²) in [6, 6.07) is 10.7. The summed E-state index contributed by atoms with van der Waals surface area (Å²) in [5.41, 5.74) is 2.56. The van der Waals surface area contributed by atoms with E-state index in [1.54, 1.807) is 6.07 Å². The monoisotopic (exact) mass is 344 g/mol. The summed E-state index contributed by atoms with van der Waals surface area (Å²) in [6.07, 6.45) is 1.12. The third-order valence-corrected chi connectivity index (χ3v) is 4.16. The van der Waals surface area contributed by atoms with Crippen LogP contribution in [0.2, 0.25) is 0 Å². The zero-order valence-corrected chi connectivity index (χ0v) is 14.3. The molecule has 25 heavy (non-hydrogen) atoms. The molecule has 0 radical (unpaired) electrons. The Morgan fingerprint density at radius 3 is 2.84 bits per heavy atom. The van der Waals surface area contributed by atoms with Crippen molar-refractivity contribution in [2.24, 2.45) is 0 Å². The van der Waals surface area contributed by atoms with Crippen LogP contribution in [0.15, 0.2) is 36.4 Å². The maximum Gasteiger partial charge on any atom is 0.303 e. The van der Waals surface area contributed by atoms with E-state index in [1.165, 1.54) is 6.07 Å². The standard InChI is InChI=1S/C20H21FO4/c1-20(2)12-15-14(5-3-6-17(15)25-20)13-8-9-18(16(21)11-13)24-10-4-7-19(22)23/h3,5-6,8-9,11H,4,7,10,12H2,1-2H3,(H,22,23). The van der Waals surface area contributed by atoms with Gasteiger partial charge in [-0.15, -0.1) is 0 Å². The predicted octanol–water partition coefficient (Wildman–Crippen LogP) is 4.45. The smallest absolute Gasteiger partial charge is 0.303 e. The average Bonchev–Trinajstić information content (AvgIpc) is 2.86. The molecule has 1 heterocycles. The van der Waals surface area contributed by atoms with Crippen molar-refractivity contribution in [2.45, 2.75) is 38.7 Å². The lowest BCUT2D eigenvalue weighted by Gasteiger charge is -2.16. The van der Waals surface area contributed by atoms with Crippen molar-refractivity contribution < 1.29 is 23.8 Å². The number of carbonyl (C=O) groups is 1. The molecular weight excluding hydrogens is 323 g/mol. The maximum absolute atomic E-state index is 14.4. The molecule has 0 saturated carbocycles. The number of fused-ring (bicyclic) bond motifs is 1. The number of rotatable bonds is 6. The molecule has 1 aliphatic heterocycles. The van der Waals surface area contributed by atoms with Gasteiger partial charge in [-0.2, -0.15) is 0 Å². The number of carboxylic acids is 1. The van der Waals surface area contributed by atoms with Crippen molar-refractivity contribution in [3.63, 3.8) is 0 Å². The van der Waals surface area contributed by atoms with E-state index in [9.17, 15) is 9.18 Å². The Kier molecular flexibility index (Phi) is 4.66. The first-order valence-corrected chi connectivity index (χ1v) is 8.31. The van der Waals surface area contributed by atoms with Crippen molar-refractivity contribution in [1.29, 1.82) is 0 Å². The predicted molar refractivity (Wildman–Crippen MR) is 92.6 cm³/mol. The summed E-state index contributed by atoms with van der Waals surface area (Å²) < 4.78 is 25.6. The molecular formula is C20H21FO4. The summed E-state index contributed by atoms with van der Waals surface area (Å²) in [7, 11) is 0. The van der Waals surface area contributed by atoms with Crippen LogP contribution in [0.1, 0.15) is 32.3 Å². The first kappa shape index (κ1) is 17.3. The average molecular weight is 344 g/mol. The van der Waals surface area contributed by atoms with Gasteiger partial charge in [-0.25, -0.2) is 4.39 Å². The van der Waals surface area contributed by atoms with Crippen LogP contribution >= 0.6 is 0 Å². The number of aliphatic carboxylic acids is 1. The summed E-state index contributed by atoms with van der Waals surface area (Å²) in [4.78, 5) is 10.5. The van der Waals surface area contributed by atoms with Crippen LogP contribution in [0.3, 0.4) is 0 Å². The van der Waals surface area contributed by atoms with E-state index in [0.717, 1.165) is 28.9 Å². The number of ether oxygens (including phenoxy) is 2. The first-order chi connectivity index (χ1) is 11.9. The fourth-order valence-corrected chi connectivity index (χ4v) is 3.06. The van der Waals surface area contributed by atoms with Gasteiger partial charge < -0.3 is 14.6 Å². The number of hydrogen-bond acceptors (Lipinski definition) is 3. The lowest BCUT2D eigenvalue weighted by molar-refractivity contribution is -0.137. The molecule has 2 aromatic carbocycles. The molecule has 0 amide bonds. The van der Waals surface area contributed by atoms with E-state index in [4.69, 9.17) is 14.6 Å². The highest BCUT2D eigenvalue weighted by molar-refractivity contribution is 5.72. The minimum atomic E-state index is -0.887. The van der Waals surface area contributed by atoms with Gasteiger partial charge in [-0.3, -0.25) is 4.79 Å². The third kappa shape index (κ3) is 3.92. The second-order valence-electron chi connectivity index (χ2n) is 6.81. The van der Waals surface area contributed by atoms with Crippen LogP contribution in [0.25, 0.3) is 11.1 Å². The van der Waals surface area contributed by atoms with Gasteiger partial charge >= 0.3 is 5.97 Å². The quantitative estimate of drug-likeness (QED) is 0.787. The molecule has 0 atom stereocenters. The fraction of sp³-hybridized carbons (Fsp3) is 0.350. The van der Waals surface area contributed by atoms with Crippen LogP contribution in [0.5, 0.6) is 11.5 Å². The van der Waals surface area contributed by atoms with Crippen LogP contribution < -0.4 is 9.47 Å². The van der Waals surface area contributed by atoms with Gasteiger partial charge in [0.05, 0.1) is 6.61 Å². The number of carboxylic acid groups (broad SMARTS) is 1. The van der Waals surface area contributed by atoms with Crippen LogP contribution in [-0.4, -0.2) is 23.3 Å². The molecule has 4 nitrogen and oxygen atoms in total. The summed E-state index contributed by atoms with van der Waals surface area (Å²) >= 11 is 0. The van der Waals surface area contributed by atoms with Gasteiger partial charge in [0.15, 0.2) is 11.6 Å². The lowest BCUT2D eigenvalue weighted by atomic mass is 9.93. The Morgan fingerprint density at radius 1 is 1.32 bits per heavy atom. The Balaban J connectivity index is 1.78. The first-order valence-electron chi connectivity index (χ1n) is 8.31. The minimum absolute atomic E-state index is 0.00560.